The van der Waals surface area contributed by atoms with Crippen LogP contribution in [0.25, 0.3) is 0 Å². The molecule has 1 heterocycles. The number of ether oxygens (including phenoxy) is 1. The van der Waals surface area contributed by atoms with E-state index < -0.39 is 0 Å². The van der Waals surface area contributed by atoms with Crippen LogP contribution in [-0.4, -0.2) is 26.2 Å². The van der Waals surface area contributed by atoms with Gasteiger partial charge < -0.3 is 10.1 Å². The molecule has 1 aromatic carbocycles. The van der Waals surface area contributed by atoms with Crippen LogP contribution in [0.3, 0.4) is 0 Å². The second kappa shape index (κ2) is 9.66. The van der Waals surface area contributed by atoms with Crippen LogP contribution in [0.5, 0.6) is 0 Å². The highest BCUT2D eigenvalue weighted by molar-refractivity contribution is 5.36. The van der Waals surface area contributed by atoms with Crippen molar-refractivity contribution in [2.24, 2.45) is 0 Å². The second-order valence-electron chi connectivity index (χ2n) is 4.42. The van der Waals surface area contributed by atoms with Crippen molar-refractivity contribution >= 4 is 6.47 Å². The van der Waals surface area contributed by atoms with Crippen molar-refractivity contribution in [1.29, 1.82) is 0 Å². The maximum Gasteiger partial charge on any atom is 0.293 e. The molecule has 0 bridgehead atoms. The predicted octanol–water partition coefficient (Wildman–Crippen LogP) is 2.72. The van der Waals surface area contributed by atoms with Crippen LogP contribution in [0.15, 0.2) is 30.3 Å². The van der Waals surface area contributed by atoms with E-state index in [0.29, 0.717) is 13.1 Å². The van der Waals surface area contributed by atoms with Crippen LogP contribution in [0.4, 0.5) is 0 Å². The van der Waals surface area contributed by atoms with Crippen molar-refractivity contribution in [2.45, 2.75) is 32.1 Å². The SMILES string of the molecule is CCCCOC=O.c1ccc(C2CCNC2)cc1. The van der Waals surface area contributed by atoms with Crippen LogP contribution in [0, 0.1) is 0 Å². The highest BCUT2D eigenvalue weighted by Gasteiger charge is 2.15. The van der Waals surface area contributed by atoms with Crippen LogP contribution in [-0.2, 0) is 9.53 Å². The fourth-order valence-corrected chi connectivity index (χ4v) is 1.94. The Morgan fingerprint density at radius 2 is 2.17 bits per heavy atom. The largest absolute Gasteiger partial charge is 0.468 e. The molecule has 1 N–H and O–H groups in total. The van der Waals surface area contributed by atoms with E-state index in [2.05, 4.69) is 40.4 Å². The standard InChI is InChI=1S/C10H13N.C5H10O2/c1-2-4-9(5-3-1)10-6-7-11-8-10;1-2-3-4-7-5-6/h1-5,10-11H,6-8H2;5H,2-4H2,1H3. The first-order valence-corrected chi connectivity index (χ1v) is 6.69. The number of hydrogen-bond donors (Lipinski definition) is 1. The van der Waals surface area contributed by atoms with Crippen molar-refractivity contribution in [3.05, 3.63) is 35.9 Å². The summed E-state index contributed by atoms with van der Waals surface area (Å²) in [6.07, 6.45) is 3.34. The minimum Gasteiger partial charge on any atom is -0.468 e. The predicted molar refractivity (Wildman–Crippen MR) is 73.6 cm³/mol. The monoisotopic (exact) mass is 249 g/mol. The molecule has 0 amide bonds. The van der Waals surface area contributed by atoms with Crippen LogP contribution >= 0.6 is 0 Å². The summed E-state index contributed by atoms with van der Waals surface area (Å²) in [4.78, 5) is 9.46. The van der Waals surface area contributed by atoms with Gasteiger partial charge in [0, 0.05) is 6.54 Å². The molecule has 1 aromatic rings. The van der Waals surface area contributed by atoms with Gasteiger partial charge in [-0.25, -0.2) is 0 Å². The molecule has 1 aliphatic rings. The first kappa shape index (κ1) is 14.7. The third-order valence-corrected chi connectivity index (χ3v) is 3.02. The zero-order chi connectivity index (χ0) is 13.1. The summed E-state index contributed by atoms with van der Waals surface area (Å²) in [7, 11) is 0. The van der Waals surface area contributed by atoms with Crippen molar-refractivity contribution in [3.63, 3.8) is 0 Å². The Bertz CT molecular complexity index is 308. The lowest BCUT2D eigenvalue weighted by atomic mass is 9.99. The number of unbranched alkanes of at least 4 members (excludes halogenated alkanes) is 1. The van der Waals surface area contributed by atoms with Crippen molar-refractivity contribution in [1.82, 2.24) is 5.32 Å². The van der Waals surface area contributed by atoms with E-state index in [1.54, 1.807) is 0 Å². The lowest BCUT2D eigenvalue weighted by molar-refractivity contribution is -0.128. The second-order valence-corrected chi connectivity index (χ2v) is 4.42. The number of rotatable bonds is 5. The average Bonchev–Trinajstić information content (AvgIpc) is 2.95. The molecule has 0 saturated carbocycles. The molecule has 3 nitrogen and oxygen atoms in total. The minimum atomic E-state index is 0.482. The van der Waals surface area contributed by atoms with Gasteiger partial charge in [0.2, 0.25) is 0 Å². The molecule has 0 aliphatic carbocycles. The Balaban J connectivity index is 0.000000203. The lowest BCUT2D eigenvalue weighted by Gasteiger charge is -2.06. The molecule has 0 aromatic heterocycles. The number of carbonyl (C=O) groups excluding carboxylic acids is 1. The van der Waals surface area contributed by atoms with Gasteiger partial charge in [-0.15, -0.1) is 0 Å². The van der Waals surface area contributed by atoms with Crippen LogP contribution in [0.1, 0.15) is 37.7 Å². The van der Waals surface area contributed by atoms with Gasteiger partial charge in [0.25, 0.3) is 6.47 Å². The maximum absolute atomic E-state index is 9.46. The van der Waals surface area contributed by atoms with Crippen molar-refractivity contribution in [2.75, 3.05) is 19.7 Å². The number of hydrogen-bond acceptors (Lipinski definition) is 3. The number of nitrogens with one attached hydrogen (secondary N) is 1. The van der Waals surface area contributed by atoms with Gasteiger partial charge in [-0.2, -0.15) is 0 Å². The van der Waals surface area contributed by atoms with Gasteiger partial charge in [0.15, 0.2) is 0 Å². The lowest BCUT2D eigenvalue weighted by Crippen LogP contribution is -2.07. The summed E-state index contributed by atoms with van der Waals surface area (Å²) < 4.78 is 4.39. The Labute approximate surface area is 110 Å². The highest BCUT2D eigenvalue weighted by Crippen LogP contribution is 2.21. The van der Waals surface area contributed by atoms with E-state index in [-0.39, 0.29) is 0 Å². The van der Waals surface area contributed by atoms with Gasteiger partial charge in [-0.3, -0.25) is 4.79 Å². The quantitative estimate of drug-likeness (QED) is 0.644. The summed E-state index contributed by atoms with van der Waals surface area (Å²) in [6.45, 7) is 5.44. The van der Waals surface area contributed by atoms with E-state index in [4.69, 9.17) is 0 Å². The molecule has 1 aliphatic heterocycles. The van der Waals surface area contributed by atoms with Crippen molar-refractivity contribution in [3.8, 4) is 0 Å². The molecule has 0 spiro atoms. The Morgan fingerprint density at radius 3 is 2.72 bits per heavy atom. The molecule has 1 fully saturated rings. The molecule has 3 heteroatoms. The summed E-state index contributed by atoms with van der Waals surface area (Å²) in [5, 5.41) is 3.37. The van der Waals surface area contributed by atoms with Gasteiger partial charge >= 0.3 is 0 Å². The third-order valence-electron chi connectivity index (χ3n) is 3.02. The first-order chi connectivity index (χ1) is 8.88. The van der Waals surface area contributed by atoms with Crippen LogP contribution in [0.2, 0.25) is 0 Å². The summed E-state index contributed by atoms with van der Waals surface area (Å²) in [5.74, 6) is 0.760. The zero-order valence-corrected chi connectivity index (χ0v) is 11.1. The number of benzene rings is 1. The normalized spacial score (nSPS) is 17.7. The third kappa shape index (κ3) is 5.82. The molecule has 18 heavy (non-hydrogen) atoms. The van der Waals surface area contributed by atoms with E-state index in [1.807, 2.05) is 6.92 Å². The fourth-order valence-electron chi connectivity index (χ4n) is 1.94. The summed E-state index contributed by atoms with van der Waals surface area (Å²) in [5.41, 5.74) is 1.48. The molecular weight excluding hydrogens is 226 g/mol. The highest BCUT2D eigenvalue weighted by atomic mass is 16.5. The molecule has 1 atom stereocenters. The molecule has 100 valence electrons. The van der Waals surface area contributed by atoms with E-state index in [9.17, 15) is 4.79 Å². The van der Waals surface area contributed by atoms with Crippen molar-refractivity contribution < 1.29 is 9.53 Å². The van der Waals surface area contributed by atoms with Gasteiger partial charge in [-0.1, -0.05) is 43.7 Å². The van der Waals surface area contributed by atoms with E-state index in [1.165, 1.54) is 18.5 Å². The first-order valence-electron chi connectivity index (χ1n) is 6.69. The maximum atomic E-state index is 9.46. The molecule has 0 radical (unpaired) electrons. The van der Waals surface area contributed by atoms with E-state index in [0.717, 1.165) is 25.3 Å². The Kier molecular flexibility index (Phi) is 7.89. The molecule has 1 unspecified atom stereocenters. The van der Waals surface area contributed by atoms with Gasteiger partial charge in [0.1, 0.15) is 0 Å². The van der Waals surface area contributed by atoms with Gasteiger partial charge in [-0.05, 0) is 30.9 Å². The minimum absolute atomic E-state index is 0.482. The molecular formula is C15H23NO2. The summed E-state index contributed by atoms with van der Waals surface area (Å²) in [6, 6.07) is 10.8. The zero-order valence-electron chi connectivity index (χ0n) is 11.1. The topological polar surface area (TPSA) is 38.3 Å². The summed E-state index contributed by atoms with van der Waals surface area (Å²) >= 11 is 0. The Morgan fingerprint density at radius 1 is 1.39 bits per heavy atom. The average molecular weight is 249 g/mol. The fraction of sp³-hybridized carbons (Fsp3) is 0.533. The number of carbonyl (C=O) groups is 1. The molecule has 1 saturated heterocycles. The van der Waals surface area contributed by atoms with Crippen LogP contribution < -0.4 is 5.32 Å². The van der Waals surface area contributed by atoms with E-state index >= 15 is 0 Å². The molecule has 2 rings (SSSR count). The Hall–Kier alpha value is -1.35. The van der Waals surface area contributed by atoms with Gasteiger partial charge in [0.05, 0.1) is 6.61 Å². The smallest absolute Gasteiger partial charge is 0.293 e.